The van der Waals surface area contributed by atoms with E-state index in [0.717, 1.165) is 5.56 Å². The van der Waals surface area contributed by atoms with Gasteiger partial charge in [0.05, 0.1) is 7.11 Å². The van der Waals surface area contributed by atoms with E-state index >= 15 is 0 Å². The average Bonchev–Trinajstić information content (AvgIpc) is 2.82. The molecule has 2 N–H and O–H groups in total. The van der Waals surface area contributed by atoms with E-state index in [-0.39, 0.29) is 12.4 Å². The number of carbonyl (C=O) groups is 2. The van der Waals surface area contributed by atoms with Gasteiger partial charge in [0.25, 0.3) is 0 Å². The van der Waals surface area contributed by atoms with Gasteiger partial charge in [-0.1, -0.05) is 36.4 Å². The van der Waals surface area contributed by atoms with Gasteiger partial charge >= 0.3 is 6.09 Å². The third-order valence-electron chi connectivity index (χ3n) is 4.67. The standard InChI is InChI=1S/C25H25NO6/c1-17(24(27)20-9-11-21(29-2)12-10-20)32-23-14-19(16-31-25(26)28)8-13-22(23)30-15-18-6-4-3-5-7-18/h3-14,17H,15-16H2,1-2H3,(H2,26,28). The second-order valence-electron chi connectivity index (χ2n) is 7.02. The molecule has 0 spiro atoms. The highest BCUT2D eigenvalue weighted by molar-refractivity contribution is 5.99. The van der Waals surface area contributed by atoms with Crippen molar-refractivity contribution >= 4 is 11.9 Å². The minimum atomic E-state index is -0.875. The molecule has 32 heavy (non-hydrogen) atoms. The minimum absolute atomic E-state index is 0.0224. The quantitative estimate of drug-likeness (QED) is 0.470. The van der Waals surface area contributed by atoms with Crippen LogP contribution >= 0.6 is 0 Å². The lowest BCUT2D eigenvalue weighted by Crippen LogP contribution is -2.24. The first kappa shape index (κ1) is 22.7. The van der Waals surface area contributed by atoms with Gasteiger partial charge < -0.3 is 24.7 Å². The summed E-state index contributed by atoms with van der Waals surface area (Å²) >= 11 is 0. The van der Waals surface area contributed by atoms with Crippen LogP contribution in [0.15, 0.2) is 72.8 Å². The number of hydrogen-bond donors (Lipinski definition) is 1. The Morgan fingerprint density at radius 1 is 0.875 bits per heavy atom. The SMILES string of the molecule is COc1ccc(C(=O)C(C)Oc2cc(COC(N)=O)ccc2OCc2ccccc2)cc1. The number of nitrogens with two attached hydrogens (primary N) is 1. The van der Waals surface area contributed by atoms with Gasteiger partial charge in [0.2, 0.25) is 5.78 Å². The van der Waals surface area contributed by atoms with Crippen molar-refractivity contribution in [3.63, 3.8) is 0 Å². The summed E-state index contributed by atoms with van der Waals surface area (Å²) in [6.45, 7) is 1.97. The molecular weight excluding hydrogens is 410 g/mol. The fourth-order valence-electron chi connectivity index (χ4n) is 2.98. The average molecular weight is 435 g/mol. The summed E-state index contributed by atoms with van der Waals surface area (Å²) in [6.07, 6.45) is -1.66. The van der Waals surface area contributed by atoms with Crippen molar-refractivity contribution in [3.8, 4) is 17.2 Å². The second kappa shape index (κ2) is 10.9. The Hall–Kier alpha value is -4.00. The molecule has 0 saturated heterocycles. The Balaban J connectivity index is 1.78. The van der Waals surface area contributed by atoms with Crippen LogP contribution in [-0.4, -0.2) is 25.1 Å². The molecule has 0 aliphatic rings. The monoisotopic (exact) mass is 435 g/mol. The number of Topliss-reactive ketones (excluding diaryl/α,β-unsaturated/α-hetero) is 1. The van der Waals surface area contributed by atoms with E-state index in [2.05, 4.69) is 0 Å². The summed E-state index contributed by atoms with van der Waals surface area (Å²) in [5.41, 5.74) is 7.19. The van der Waals surface area contributed by atoms with Crippen molar-refractivity contribution < 1.29 is 28.5 Å². The van der Waals surface area contributed by atoms with Crippen molar-refractivity contribution in [1.82, 2.24) is 0 Å². The number of benzene rings is 3. The van der Waals surface area contributed by atoms with Gasteiger partial charge in [0.15, 0.2) is 17.6 Å². The first-order valence-corrected chi connectivity index (χ1v) is 10.0. The number of ether oxygens (including phenoxy) is 4. The maximum Gasteiger partial charge on any atom is 0.404 e. The van der Waals surface area contributed by atoms with Crippen LogP contribution in [0.2, 0.25) is 0 Å². The summed E-state index contributed by atoms with van der Waals surface area (Å²) in [5, 5.41) is 0. The highest BCUT2D eigenvalue weighted by Crippen LogP contribution is 2.31. The Labute approximate surface area is 186 Å². The Bertz CT molecular complexity index is 1050. The van der Waals surface area contributed by atoms with Crippen molar-refractivity contribution in [2.45, 2.75) is 26.2 Å². The lowest BCUT2D eigenvalue weighted by Gasteiger charge is -2.18. The highest BCUT2D eigenvalue weighted by Gasteiger charge is 2.19. The first-order valence-electron chi connectivity index (χ1n) is 10.0. The topological polar surface area (TPSA) is 97.1 Å². The number of primary amides is 1. The third kappa shape index (κ3) is 6.25. The van der Waals surface area contributed by atoms with Gasteiger partial charge in [0, 0.05) is 5.56 Å². The molecule has 1 atom stereocenters. The first-order chi connectivity index (χ1) is 15.5. The number of hydrogen-bond acceptors (Lipinski definition) is 6. The van der Waals surface area contributed by atoms with Crippen LogP contribution in [0, 0.1) is 0 Å². The van der Waals surface area contributed by atoms with Crippen molar-refractivity contribution in [2.75, 3.05) is 7.11 Å². The summed E-state index contributed by atoms with van der Waals surface area (Å²) in [4.78, 5) is 23.8. The van der Waals surface area contributed by atoms with Gasteiger partial charge in [-0.2, -0.15) is 0 Å². The zero-order valence-electron chi connectivity index (χ0n) is 17.9. The van der Waals surface area contributed by atoms with Gasteiger partial charge in [-0.25, -0.2) is 4.79 Å². The number of rotatable bonds is 10. The van der Waals surface area contributed by atoms with E-state index in [0.29, 0.717) is 35.0 Å². The molecule has 1 unspecified atom stereocenters. The highest BCUT2D eigenvalue weighted by atomic mass is 16.5. The van der Waals surface area contributed by atoms with E-state index in [1.54, 1.807) is 56.5 Å². The number of ketones is 1. The number of carbonyl (C=O) groups excluding carboxylic acids is 2. The molecule has 166 valence electrons. The molecule has 0 heterocycles. The zero-order chi connectivity index (χ0) is 22.9. The van der Waals surface area contributed by atoms with E-state index in [9.17, 15) is 9.59 Å². The predicted molar refractivity (Wildman–Crippen MR) is 119 cm³/mol. The van der Waals surface area contributed by atoms with E-state index < -0.39 is 12.2 Å². The zero-order valence-corrected chi connectivity index (χ0v) is 17.9. The van der Waals surface area contributed by atoms with E-state index in [1.807, 2.05) is 30.3 Å². The van der Waals surface area contributed by atoms with Crippen LogP contribution in [0.25, 0.3) is 0 Å². The summed E-state index contributed by atoms with van der Waals surface area (Å²) < 4.78 is 21.9. The lowest BCUT2D eigenvalue weighted by molar-refractivity contribution is 0.0811. The molecular formula is C25H25NO6. The van der Waals surface area contributed by atoms with Crippen molar-refractivity contribution in [3.05, 3.63) is 89.5 Å². The molecule has 7 heteroatoms. The van der Waals surface area contributed by atoms with Crippen molar-refractivity contribution in [1.29, 1.82) is 0 Å². The number of methoxy groups -OCH3 is 1. The van der Waals surface area contributed by atoms with Gasteiger partial charge in [-0.15, -0.1) is 0 Å². The molecule has 0 saturated carbocycles. The normalized spacial score (nSPS) is 11.3. The van der Waals surface area contributed by atoms with Crippen LogP contribution in [0.3, 0.4) is 0 Å². The van der Waals surface area contributed by atoms with E-state index in [1.165, 1.54) is 0 Å². The summed E-state index contributed by atoms with van der Waals surface area (Å²) in [7, 11) is 1.56. The van der Waals surface area contributed by atoms with Gasteiger partial charge in [-0.05, 0) is 54.4 Å². The molecule has 0 bridgehead atoms. The smallest absolute Gasteiger partial charge is 0.404 e. The molecule has 0 aliphatic heterocycles. The van der Waals surface area contributed by atoms with E-state index in [4.69, 9.17) is 24.7 Å². The minimum Gasteiger partial charge on any atom is -0.497 e. The second-order valence-corrected chi connectivity index (χ2v) is 7.02. The fraction of sp³-hybridized carbons (Fsp3) is 0.200. The van der Waals surface area contributed by atoms with Crippen LogP contribution in [0.1, 0.15) is 28.4 Å². The molecule has 0 radical (unpaired) electrons. The molecule has 3 aromatic rings. The van der Waals surface area contributed by atoms with Gasteiger partial charge in [-0.3, -0.25) is 4.79 Å². The van der Waals surface area contributed by atoms with Crippen LogP contribution in [0.4, 0.5) is 4.79 Å². The molecule has 1 amide bonds. The maximum atomic E-state index is 12.8. The molecule has 0 aromatic heterocycles. The molecule has 3 rings (SSSR count). The maximum absolute atomic E-state index is 12.8. The fourth-order valence-corrected chi connectivity index (χ4v) is 2.98. The largest absolute Gasteiger partial charge is 0.497 e. The predicted octanol–water partition coefficient (Wildman–Crippen LogP) is 4.52. The van der Waals surface area contributed by atoms with Crippen LogP contribution < -0.4 is 19.9 Å². The summed E-state index contributed by atoms with van der Waals surface area (Å²) in [6, 6.07) is 21.6. The van der Waals surface area contributed by atoms with Gasteiger partial charge in [0.1, 0.15) is 19.0 Å². The molecule has 0 fully saturated rings. The van der Waals surface area contributed by atoms with Crippen LogP contribution in [0.5, 0.6) is 17.2 Å². The number of amides is 1. The van der Waals surface area contributed by atoms with Crippen molar-refractivity contribution in [2.24, 2.45) is 5.73 Å². The molecule has 3 aromatic carbocycles. The molecule has 7 nitrogen and oxygen atoms in total. The summed E-state index contributed by atoms with van der Waals surface area (Å²) in [5.74, 6) is 1.29. The third-order valence-corrected chi connectivity index (χ3v) is 4.67. The molecule has 0 aliphatic carbocycles. The Morgan fingerprint density at radius 2 is 1.59 bits per heavy atom. The Kier molecular flexibility index (Phi) is 7.70. The lowest BCUT2D eigenvalue weighted by atomic mass is 10.1. The van der Waals surface area contributed by atoms with Crippen LogP contribution in [-0.2, 0) is 18.0 Å². The Morgan fingerprint density at radius 3 is 2.25 bits per heavy atom.